The van der Waals surface area contributed by atoms with Crippen LogP contribution in [-0.2, 0) is 0 Å². The highest BCUT2D eigenvalue weighted by Crippen LogP contribution is 2.29. The van der Waals surface area contributed by atoms with Crippen LogP contribution in [0.3, 0.4) is 0 Å². The van der Waals surface area contributed by atoms with Crippen LogP contribution in [0.2, 0.25) is 5.02 Å². The van der Waals surface area contributed by atoms with Crippen molar-refractivity contribution in [3.63, 3.8) is 0 Å². The van der Waals surface area contributed by atoms with E-state index in [2.05, 4.69) is 21.2 Å². The van der Waals surface area contributed by atoms with Crippen LogP contribution in [0.5, 0.6) is 5.75 Å². The number of ether oxygens (including phenoxy) is 1. The number of nitrogens with one attached hydrogen (secondary N) is 1. The largest absolute Gasteiger partial charge is 0.496 e. The summed E-state index contributed by atoms with van der Waals surface area (Å²) >= 11 is 8.98. The highest BCUT2D eigenvalue weighted by molar-refractivity contribution is 9.10. The zero-order chi connectivity index (χ0) is 15.6. The summed E-state index contributed by atoms with van der Waals surface area (Å²) in [5, 5.41) is 2.08. The molecule has 3 nitrogen and oxygen atoms in total. The number of hydrogen-bond donors (Lipinski definition) is 1. The third-order valence-electron chi connectivity index (χ3n) is 2.65. The van der Waals surface area contributed by atoms with E-state index in [1.807, 2.05) is 0 Å². The first-order valence-corrected chi connectivity index (χ1v) is 6.89. The van der Waals surface area contributed by atoms with Gasteiger partial charge < -0.3 is 10.1 Å². The van der Waals surface area contributed by atoms with Gasteiger partial charge in [-0.3, -0.25) is 4.79 Å². The highest BCUT2D eigenvalue weighted by Gasteiger charge is 2.17. The fourth-order valence-electron chi connectivity index (χ4n) is 1.70. The van der Waals surface area contributed by atoms with Crippen molar-refractivity contribution in [3.8, 4) is 5.75 Å². The summed E-state index contributed by atoms with van der Waals surface area (Å²) in [6, 6.07) is 6.30. The molecule has 0 aromatic heterocycles. The molecule has 21 heavy (non-hydrogen) atoms. The number of benzene rings is 2. The summed E-state index contributed by atoms with van der Waals surface area (Å²) in [7, 11) is 1.41. The van der Waals surface area contributed by atoms with Crippen molar-refractivity contribution >= 4 is 39.1 Å². The third kappa shape index (κ3) is 3.51. The van der Waals surface area contributed by atoms with E-state index in [1.54, 1.807) is 12.1 Å². The van der Waals surface area contributed by atoms with Gasteiger partial charge in [-0.2, -0.15) is 0 Å². The predicted octanol–water partition coefficient (Wildman–Crippen LogP) is 4.64. The molecule has 0 radical (unpaired) electrons. The van der Waals surface area contributed by atoms with Crippen molar-refractivity contribution in [1.29, 1.82) is 0 Å². The number of anilines is 1. The molecule has 0 spiro atoms. The van der Waals surface area contributed by atoms with E-state index in [1.165, 1.54) is 13.2 Å². The van der Waals surface area contributed by atoms with Crippen molar-refractivity contribution in [3.05, 3.63) is 57.0 Å². The lowest BCUT2D eigenvalue weighted by Gasteiger charge is -2.11. The Balaban J connectivity index is 2.35. The zero-order valence-electron chi connectivity index (χ0n) is 10.7. The third-order valence-corrected chi connectivity index (χ3v) is 3.44. The quantitative estimate of drug-likeness (QED) is 0.847. The van der Waals surface area contributed by atoms with Crippen LogP contribution in [0.25, 0.3) is 0 Å². The SMILES string of the molecule is COc1cc(Br)ccc1C(=O)Nc1c(F)cc(F)cc1Cl. The molecule has 0 saturated carbocycles. The first kappa shape index (κ1) is 15.7. The first-order valence-electron chi connectivity index (χ1n) is 5.72. The minimum absolute atomic E-state index is 0.195. The summed E-state index contributed by atoms with van der Waals surface area (Å²) < 4.78 is 32.4. The minimum atomic E-state index is -0.954. The van der Waals surface area contributed by atoms with Gasteiger partial charge in [-0.05, 0) is 24.3 Å². The smallest absolute Gasteiger partial charge is 0.259 e. The summed E-state index contributed by atoms with van der Waals surface area (Å²) in [6.45, 7) is 0. The molecule has 7 heteroatoms. The Kier molecular flexibility index (Phi) is 4.80. The van der Waals surface area contributed by atoms with Crippen LogP contribution in [0, 0.1) is 11.6 Å². The number of halogens is 4. The van der Waals surface area contributed by atoms with Crippen molar-refractivity contribution in [2.24, 2.45) is 0 Å². The number of methoxy groups -OCH3 is 1. The van der Waals surface area contributed by atoms with Crippen molar-refractivity contribution in [1.82, 2.24) is 0 Å². The average Bonchev–Trinajstić information content (AvgIpc) is 2.42. The number of carbonyl (C=O) groups excluding carboxylic acids is 1. The molecule has 110 valence electrons. The van der Waals surface area contributed by atoms with Gasteiger partial charge in [-0.25, -0.2) is 8.78 Å². The first-order chi connectivity index (χ1) is 9.92. The van der Waals surface area contributed by atoms with Gasteiger partial charge in [-0.1, -0.05) is 27.5 Å². The van der Waals surface area contributed by atoms with Gasteiger partial charge >= 0.3 is 0 Å². The Morgan fingerprint density at radius 1 is 1.29 bits per heavy atom. The molecule has 1 N–H and O–H groups in total. The van der Waals surface area contributed by atoms with Crippen LogP contribution in [0.15, 0.2) is 34.8 Å². The molecule has 0 saturated heterocycles. The number of amides is 1. The molecule has 0 fully saturated rings. The lowest BCUT2D eigenvalue weighted by Crippen LogP contribution is -2.14. The standard InChI is InChI=1S/C14H9BrClF2NO2/c1-21-12-4-7(15)2-3-9(12)14(20)19-13-10(16)5-8(17)6-11(13)18/h2-6H,1H3,(H,19,20). The normalized spacial score (nSPS) is 10.3. The lowest BCUT2D eigenvalue weighted by atomic mass is 10.2. The fourth-order valence-corrected chi connectivity index (χ4v) is 2.28. The van der Waals surface area contributed by atoms with Crippen molar-refractivity contribution in [2.75, 3.05) is 12.4 Å². The second kappa shape index (κ2) is 6.41. The molecule has 0 unspecified atom stereocenters. The minimum Gasteiger partial charge on any atom is -0.496 e. The van der Waals surface area contributed by atoms with Gasteiger partial charge in [0, 0.05) is 10.5 Å². The topological polar surface area (TPSA) is 38.3 Å². The van der Waals surface area contributed by atoms with E-state index in [0.717, 1.165) is 10.5 Å². The number of carbonyl (C=O) groups is 1. The second-order valence-corrected chi connectivity index (χ2v) is 5.37. The molecule has 0 bridgehead atoms. The van der Waals surface area contributed by atoms with E-state index >= 15 is 0 Å². The predicted molar refractivity (Wildman–Crippen MR) is 80.0 cm³/mol. The van der Waals surface area contributed by atoms with Crippen LogP contribution in [0.1, 0.15) is 10.4 Å². The molecule has 0 aliphatic rings. The molecule has 0 aliphatic carbocycles. The van der Waals surface area contributed by atoms with Crippen LogP contribution in [-0.4, -0.2) is 13.0 Å². The Morgan fingerprint density at radius 3 is 2.62 bits per heavy atom. The van der Waals surface area contributed by atoms with Gasteiger partial charge in [0.1, 0.15) is 11.6 Å². The molecule has 2 aromatic carbocycles. The van der Waals surface area contributed by atoms with Gasteiger partial charge in [0.2, 0.25) is 0 Å². The van der Waals surface area contributed by atoms with Gasteiger partial charge in [0.05, 0.1) is 23.4 Å². The maximum Gasteiger partial charge on any atom is 0.259 e. The maximum atomic E-state index is 13.7. The van der Waals surface area contributed by atoms with Crippen LogP contribution in [0.4, 0.5) is 14.5 Å². The van der Waals surface area contributed by atoms with E-state index in [9.17, 15) is 13.6 Å². The molecule has 2 rings (SSSR count). The summed E-state index contributed by atoms with van der Waals surface area (Å²) in [5.41, 5.74) is -0.0893. The van der Waals surface area contributed by atoms with E-state index < -0.39 is 17.5 Å². The molecule has 0 heterocycles. The Labute approximate surface area is 133 Å². The number of rotatable bonds is 3. The van der Waals surface area contributed by atoms with Crippen molar-refractivity contribution in [2.45, 2.75) is 0 Å². The monoisotopic (exact) mass is 375 g/mol. The van der Waals surface area contributed by atoms with E-state index in [4.69, 9.17) is 16.3 Å². The van der Waals surface area contributed by atoms with Gasteiger partial charge in [0.15, 0.2) is 5.82 Å². The summed E-state index contributed by atoms with van der Waals surface area (Å²) in [5.74, 6) is -2.09. The average molecular weight is 377 g/mol. The molecule has 2 aromatic rings. The molecule has 0 aliphatic heterocycles. The fraction of sp³-hybridized carbons (Fsp3) is 0.0714. The molecular weight excluding hydrogens is 368 g/mol. The van der Waals surface area contributed by atoms with Crippen LogP contribution < -0.4 is 10.1 Å². The Bertz CT molecular complexity index is 686. The maximum absolute atomic E-state index is 13.7. The van der Waals surface area contributed by atoms with Gasteiger partial charge in [-0.15, -0.1) is 0 Å². The van der Waals surface area contributed by atoms with Gasteiger partial charge in [0.25, 0.3) is 5.91 Å². The molecular formula is C14H9BrClF2NO2. The lowest BCUT2D eigenvalue weighted by molar-refractivity contribution is 0.102. The summed E-state index contributed by atoms with van der Waals surface area (Å²) in [6.07, 6.45) is 0. The van der Waals surface area contributed by atoms with E-state index in [0.29, 0.717) is 11.8 Å². The Hall–Kier alpha value is -1.66. The summed E-state index contributed by atoms with van der Waals surface area (Å²) in [4.78, 5) is 12.2. The second-order valence-electron chi connectivity index (χ2n) is 4.04. The van der Waals surface area contributed by atoms with Crippen LogP contribution >= 0.6 is 27.5 Å². The molecule has 1 amide bonds. The van der Waals surface area contributed by atoms with E-state index in [-0.39, 0.29) is 16.3 Å². The zero-order valence-corrected chi connectivity index (χ0v) is 13.1. The van der Waals surface area contributed by atoms with Crippen molar-refractivity contribution < 1.29 is 18.3 Å². The molecule has 0 atom stereocenters. The Morgan fingerprint density at radius 2 is 2.00 bits per heavy atom. The highest BCUT2D eigenvalue weighted by atomic mass is 79.9. The number of hydrogen-bond acceptors (Lipinski definition) is 2.